The molecule has 120 valence electrons. The first-order valence-corrected chi connectivity index (χ1v) is 7.92. The van der Waals surface area contributed by atoms with Crippen LogP contribution in [0.25, 0.3) is 0 Å². The number of rotatable bonds is 6. The number of carbonyl (C=O) groups excluding carboxylic acids is 2. The highest BCUT2D eigenvalue weighted by atomic mass is 16.5. The zero-order valence-electron chi connectivity index (χ0n) is 13.5. The molecule has 0 saturated heterocycles. The van der Waals surface area contributed by atoms with E-state index < -0.39 is 0 Å². The SMILES string of the molecule is COC(=O)Cc1ccc(CC2(CNC(C)=O)CCCC2)cc1. The molecule has 0 spiro atoms. The number of benzene rings is 1. The van der Waals surface area contributed by atoms with Crippen LogP contribution in [0.15, 0.2) is 24.3 Å². The lowest BCUT2D eigenvalue weighted by molar-refractivity contribution is -0.139. The van der Waals surface area contributed by atoms with Crippen molar-refractivity contribution in [3.05, 3.63) is 35.4 Å². The van der Waals surface area contributed by atoms with Gasteiger partial charge in [0, 0.05) is 13.5 Å². The predicted octanol–water partition coefficient (Wildman–Crippen LogP) is 2.64. The Morgan fingerprint density at radius 2 is 1.73 bits per heavy atom. The fraction of sp³-hybridized carbons (Fsp3) is 0.556. The minimum atomic E-state index is -0.217. The van der Waals surface area contributed by atoms with Gasteiger partial charge in [0.2, 0.25) is 5.91 Å². The standard InChI is InChI=1S/C18H25NO3/c1-14(20)19-13-18(9-3-4-10-18)12-16-7-5-15(6-8-16)11-17(21)22-2/h5-8H,3-4,9-13H2,1-2H3,(H,19,20). The average molecular weight is 303 g/mol. The minimum Gasteiger partial charge on any atom is -0.469 e. The lowest BCUT2D eigenvalue weighted by atomic mass is 9.79. The van der Waals surface area contributed by atoms with Gasteiger partial charge in [0.15, 0.2) is 0 Å². The highest BCUT2D eigenvalue weighted by Gasteiger charge is 2.33. The number of nitrogens with one attached hydrogen (secondary N) is 1. The average Bonchev–Trinajstić information content (AvgIpc) is 2.96. The van der Waals surface area contributed by atoms with Crippen LogP contribution in [0.5, 0.6) is 0 Å². The van der Waals surface area contributed by atoms with Gasteiger partial charge in [-0.05, 0) is 35.8 Å². The Kier molecular flexibility index (Phi) is 5.58. The largest absolute Gasteiger partial charge is 0.469 e. The van der Waals surface area contributed by atoms with Gasteiger partial charge in [0.05, 0.1) is 13.5 Å². The molecule has 0 unspecified atom stereocenters. The Balaban J connectivity index is 2.00. The summed E-state index contributed by atoms with van der Waals surface area (Å²) >= 11 is 0. The van der Waals surface area contributed by atoms with E-state index in [1.54, 1.807) is 6.92 Å². The summed E-state index contributed by atoms with van der Waals surface area (Å²) in [5.74, 6) is -0.176. The monoisotopic (exact) mass is 303 g/mol. The molecule has 1 aliphatic carbocycles. The van der Waals surface area contributed by atoms with E-state index in [0.29, 0.717) is 6.42 Å². The third-order valence-electron chi connectivity index (χ3n) is 4.55. The number of esters is 1. The fourth-order valence-corrected chi connectivity index (χ4v) is 3.30. The molecular formula is C18H25NO3. The van der Waals surface area contributed by atoms with Crippen molar-refractivity contribution in [3.8, 4) is 0 Å². The predicted molar refractivity (Wildman–Crippen MR) is 85.5 cm³/mol. The summed E-state index contributed by atoms with van der Waals surface area (Å²) in [5.41, 5.74) is 2.43. The van der Waals surface area contributed by atoms with Crippen LogP contribution in [0.3, 0.4) is 0 Å². The summed E-state index contributed by atoms with van der Waals surface area (Å²) in [6, 6.07) is 8.17. The normalized spacial score (nSPS) is 16.3. The van der Waals surface area contributed by atoms with Crippen LogP contribution in [0, 0.1) is 5.41 Å². The van der Waals surface area contributed by atoms with Gasteiger partial charge >= 0.3 is 5.97 Å². The maximum absolute atomic E-state index is 11.3. The number of hydrogen-bond donors (Lipinski definition) is 1. The molecule has 0 radical (unpaired) electrons. The second-order valence-corrected chi connectivity index (χ2v) is 6.36. The van der Waals surface area contributed by atoms with Crippen molar-refractivity contribution in [2.75, 3.05) is 13.7 Å². The summed E-state index contributed by atoms with van der Waals surface area (Å²) in [7, 11) is 1.41. The molecule has 0 aliphatic heterocycles. The fourth-order valence-electron chi connectivity index (χ4n) is 3.30. The van der Waals surface area contributed by atoms with E-state index in [1.807, 2.05) is 12.1 Å². The number of hydrogen-bond acceptors (Lipinski definition) is 3. The molecule has 0 aromatic heterocycles. The third kappa shape index (κ3) is 4.58. The van der Waals surface area contributed by atoms with E-state index in [0.717, 1.165) is 31.4 Å². The molecule has 1 amide bonds. The molecular weight excluding hydrogens is 278 g/mol. The molecule has 0 heterocycles. The van der Waals surface area contributed by atoms with Crippen molar-refractivity contribution < 1.29 is 14.3 Å². The lowest BCUT2D eigenvalue weighted by Crippen LogP contribution is -2.36. The molecule has 1 aromatic carbocycles. The van der Waals surface area contributed by atoms with Crippen LogP contribution in [-0.2, 0) is 27.2 Å². The van der Waals surface area contributed by atoms with E-state index in [1.165, 1.54) is 25.5 Å². The maximum atomic E-state index is 11.3. The Bertz CT molecular complexity index is 516. The quantitative estimate of drug-likeness (QED) is 0.822. The van der Waals surface area contributed by atoms with E-state index in [-0.39, 0.29) is 17.3 Å². The first kappa shape index (κ1) is 16.5. The van der Waals surface area contributed by atoms with Gasteiger partial charge in [-0.2, -0.15) is 0 Å². The summed E-state index contributed by atoms with van der Waals surface area (Å²) in [5, 5.41) is 2.99. The minimum absolute atomic E-state index is 0.0414. The van der Waals surface area contributed by atoms with Crippen molar-refractivity contribution in [1.29, 1.82) is 0 Å². The van der Waals surface area contributed by atoms with Crippen molar-refractivity contribution in [2.24, 2.45) is 5.41 Å². The first-order valence-electron chi connectivity index (χ1n) is 7.92. The van der Waals surface area contributed by atoms with Gasteiger partial charge in [0.1, 0.15) is 0 Å². The van der Waals surface area contributed by atoms with E-state index in [2.05, 4.69) is 22.2 Å². The Morgan fingerprint density at radius 1 is 1.14 bits per heavy atom. The van der Waals surface area contributed by atoms with Crippen molar-refractivity contribution in [1.82, 2.24) is 5.32 Å². The second kappa shape index (κ2) is 7.43. The van der Waals surface area contributed by atoms with Gasteiger partial charge in [-0.25, -0.2) is 0 Å². The second-order valence-electron chi connectivity index (χ2n) is 6.36. The van der Waals surface area contributed by atoms with Crippen LogP contribution in [-0.4, -0.2) is 25.5 Å². The molecule has 4 nitrogen and oxygen atoms in total. The maximum Gasteiger partial charge on any atom is 0.309 e. The van der Waals surface area contributed by atoms with Gasteiger partial charge < -0.3 is 10.1 Å². The molecule has 1 aromatic rings. The van der Waals surface area contributed by atoms with Crippen molar-refractivity contribution >= 4 is 11.9 Å². The summed E-state index contributed by atoms with van der Waals surface area (Å²) in [6.45, 7) is 2.33. The highest BCUT2D eigenvalue weighted by Crippen LogP contribution is 2.40. The topological polar surface area (TPSA) is 55.4 Å². The molecule has 1 aliphatic rings. The highest BCUT2D eigenvalue weighted by molar-refractivity contribution is 5.73. The molecule has 1 saturated carbocycles. The summed E-state index contributed by atoms with van der Waals surface area (Å²) < 4.78 is 4.68. The Labute approximate surface area is 132 Å². The number of ether oxygens (including phenoxy) is 1. The molecule has 4 heteroatoms. The van der Waals surface area contributed by atoms with E-state index in [4.69, 9.17) is 0 Å². The molecule has 2 rings (SSSR count). The molecule has 0 bridgehead atoms. The van der Waals surface area contributed by atoms with E-state index in [9.17, 15) is 9.59 Å². The number of methoxy groups -OCH3 is 1. The van der Waals surface area contributed by atoms with Gasteiger partial charge in [-0.3, -0.25) is 9.59 Å². The molecule has 22 heavy (non-hydrogen) atoms. The molecule has 1 fully saturated rings. The van der Waals surface area contributed by atoms with Crippen LogP contribution in [0.1, 0.15) is 43.7 Å². The molecule has 0 atom stereocenters. The van der Waals surface area contributed by atoms with Gasteiger partial charge in [0.25, 0.3) is 0 Å². The third-order valence-corrected chi connectivity index (χ3v) is 4.55. The van der Waals surface area contributed by atoms with Crippen LogP contribution < -0.4 is 5.32 Å². The number of carbonyl (C=O) groups is 2. The van der Waals surface area contributed by atoms with Crippen LogP contribution in [0.2, 0.25) is 0 Å². The van der Waals surface area contributed by atoms with Crippen LogP contribution >= 0.6 is 0 Å². The molecule has 1 N–H and O–H groups in total. The Hall–Kier alpha value is -1.84. The zero-order chi connectivity index (χ0) is 16.0. The smallest absolute Gasteiger partial charge is 0.309 e. The van der Waals surface area contributed by atoms with E-state index >= 15 is 0 Å². The van der Waals surface area contributed by atoms with Gasteiger partial charge in [-0.15, -0.1) is 0 Å². The number of amides is 1. The van der Waals surface area contributed by atoms with Crippen LogP contribution in [0.4, 0.5) is 0 Å². The summed E-state index contributed by atoms with van der Waals surface area (Å²) in [4.78, 5) is 22.5. The zero-order valence-corrected chi connectivity index (χ0v) is 13.5. The first-order chi connectivity index (χ1) is 10.5. The Morgan fingerprint density at radius 3 is 2.27 bits per heavy atom. The lowest BCUT2D eigenvalue weighted by Gasteiger charge is -2.29. The van der Waals surface area contributed by atoms with Gasteiger partial charge in [-0.1, -0.05) is 37.1 Å². The van der Waals surface area contributed by atoms with Crippen molar-refractivity contribution in [2.45, 2.75) is 45.4 Å². The summed E-state index contributed by atoms with van der Waals surface area (Å²) in [6.07, 6.45) is 6.09. The van der Waals surface area contributed by atoms with Crippen molar-refractivity contribution in [3.63, 3.8) is 0 Å².